The quantitative estimate of drug-likeness (QED) is 0.675. The summed E-state index contributed by atoms with van der Waals surface area (Å²) in [6.45, 7) is 0.689. The average molecular weight is 326 g/mol. The molecule has 0 aliphatic heterocycles. The largest absolute Gasteiger partial charge is 0.362 e. The zero-order chi connectivity index (χ0) is 17.1. The van der Waals surface area contributed by atoms with E-state index in [1.807, 2.05) is 31.1 Å². The number of benzene rings is 1. The zero-order valence-electron chi connectivity index (χ0n) is 14.0. The molecule has 1 atom stereocenters. The van der Waals surface area contributed by atoms with Crippen molar-refractivity contribution in [2.45, 2.75) is 31.8 Å². The molecule has 1 unspecified atom stereocenters. The summed E-state index contributed by atoms with van der Waals surface area (Å²) in [7, 11) is 3.95. The van der Waals surface area contributed by atoms with Crippen LogP contribution in [-0.4, -0.2) is 24.0 Å². The van der Waals surface area contributed by atoms with Gasteiger partial charge in [0.2, 0.25) is 0 Å². The molecule has 1 aliphatic rings. The summed E-state index contributed by atoms with van der Waals surface area (Å²) in [5.41, 5.74) is 3.56. The van der Waals surface area contributed by atoms with Crippen LogP contribution in [0.1, 0.15) is 35.6 Å². The summed E-state index contributed by atoms with van der Waals surface area (Å²) in [5, 5.41) is 14.6. The van der Waals surface area contributed by atoms with Gasteiger partial charge in [-0.3, -0.25) is 10.1 Å². The Bertz CT molecular complexity index is 746. The third-order valence-corrected chi connectivity index (χ3v) is 4.48. The van der Waals surface area contributed by atoms with Crippen LogP contribution >= 0.6 is 0 Å². The second-order valence-corrected chi connectivity index (χ2v) is 6.35. The standard InChI is InChI=1S/C18H22N4O2/c1-21(2)18-14(6-4-10-19-18)12-20-17-7-3-5-13-8-9-15(22(23)24)11-16(13)17/h4,6,8-11,17,20H,3,5,7,12H2,1-2H3. The first kappa shape index (κ1) is 16.4. The smallest absolute Gasteiger partial charge is 0.269 e. The van der Waals surface area contributed by atoms with Gasteiger partial charge in [-0.2, -0.15) is 0 Å². The molecule has 6 heteroatoms. The van der Waals surface area contributed by atoms with Crippen LogP contribution in [0, 0.1) is 10.1 Å². The molecule has 6 nitrogen and oxygen atoms in total. The predicted molar refractivity (Wildman–Crippen MR) is 94.2 cm³/mol. The number of hydrogen-bond donors (Lipinski definition) is 1. The monoisotopic (exact) mass is 326 g/mol. The van der Waals surface area contributed by atoms with Crippen LogP contribution in [0.4, 0.5) is 11.5 Å². The van der Waals surface area contributed by atoms with Gasteiger partial charge in [0.15, 0.2) is 0 Å². The van der Waals surface area contributed by atoms with E-state index in [2.05, 4.69) is 16.4 Å². The molecule has 0 fully saturated rings. The van der Waals surface area contributed by atoms with Gasteiger partial charge in [-0.1, -0.05) is 12.1 Å². The molecule has 126 valence electrons. The highest BCUT2D eigenvalue weighted by molar-refractivity contribution is 5.46. The highest BCUT2D eigenvalue weighted by Crippen LogP contribution is 2.32. The molecule has 0 saturated heterocycles. The fraction of sp³-hybridized carbons (Fsp3) is 0.389. The van der Waals surface area contributed by atoms with E-state index in [9.17, 15) is 10.1 Å². The number of fused-ring (bicyclic) bond motifs is 1. The fourth-order valence-corrected chi connectivity index (χ4v) is 3.32. The lowest BCUT2D eigenvalue weighted by Crippen LogP contribution is -2.26. The highest BCUT2D eigenvalue weighted by atomic mass is 16.6. The molecule has 1 heterocycles. The molecule has 1 aromatic heterocycles. The molecule has 0 saturated carbocycles. The van der Waals surface area contributed by atoms with E-state index in [4.69, 9.17) is 0 Å². The minimum atomic E-state index is -0.322. The van der Waals surface area contributed by atoms with Gasteiger partial charge < -0.3 is 10.2 Å². The number of rotatable bonds is 5. The number of hydrogen-bond acceptors (Lipinski definition) is 5. The lowest BCUT2D eigenvalue weighted by atomic mass is 9.87. The third kappa shape index (κ3) is 3.38. The number of aromatic nitrogens is 1. The number of nitrogens with zero attached hydrogens (tertiary/aromatic N) is 3. The Morgan fingerprint density at radius 1 is 1.38 bits per heavy atom. The van der Waals surface area contributed by atoms with Gasteiger partial charge >= 0.3 is 0 Å². The molecule has 24 heavy (non-hydrogen) atoms. The average Bonchev–Trinajstić information content (AvgIpc) is 2.59. The van der Waals surface area contributed by atoms with E-state index in [-0.39, 0.29) is 16.7 Å². The Balaban J connectivity index is 1.81. The van der Waals surface area contributed by atoms with Crippen LogP contribution in [0.2, 0.25) is 0 Å². The number of non-ortho nitro benzene ring substituents is 1. The molecule has 0 radical (unpaired) electrons. The minimum Gasteiger partial charge on any atom is -0.362 e. The summed E-state index contributed by atoms with van der Waals surface area (Å²) < 4.78 is 0. The first-order valence-corrected chi connectivity index (χ1v) is 8.18. The number of nitro groups is 1. The van der Waals surface area contributed by atoms with Crippen molar-refractivity contribution in [1.29, 1.82) is 0 Å². The van der Waals surface area contributed by atoms with Crippen LogP contribution < -0.4 is 10.2 Å². The molecule has 1 aromatic carbocycles. The second-order valence-electron chi connectivity index (χ2n) is 6.35. The minimum absolute atomic E-state index is 0.142. The SMILES string of the molecule is CN(C)c1ncccc1CNC1CCCc2ccc([N+](=O)[O-])cc21. The Labute approximate surface area is 141 Å². The van der Waals surface area contributed by atoms with Crippen LogP contribution in [0.3, 0.4) is 0 Å². The van der Waals surface area contributed by atoms with Crippen molar-refractivity contribution in [3.8, 4) is 0 Å². The molecule has 2 aromatic rings. The van der Waals surface area contributed by atoms with Gasteiger partial charge in [0, 0.05) is 50.6 Å². The Hall–Kier alpha value is -2.47. The van der Waals surface area contributed by atoms with E-state index in [0.29, 0.717) is 6.54 Å². The fourth-order valence-electron chi connectivity index (χ4n) is 3.32. The van der Waals surface area contributed by atoms with Gasteiger partial charge in [0.05, 0.1) is 4.92 Å². The maximum absolute atomic E-state index is 11.1. The van der Waals surface area contributed by atoms with Crippen molar-refractivity contribution in [2.24, 2.45) is 0 Å². The maximum atomic E-state index is 11.1. The summed E-state index contributed by atoms with van der Waals surface area (Å²) in [6, 6.07) is 9.37. The molecule has 0 bridgehead atoms. The van der Waals surface area contributed by atoms with Crippen LogP contribution in [0.25, 0.3) is 0 Å². The first-order chi connectivity index (χ1) is 11.6. The Kier molecular flexibility index (Phi) is 4.76. The number of aryl methyl sites for hydroxylation is 1. The van der Waals surface area contributed by atoms with Crippen molar-refractivity contribution < 1.29 is 4.92 Å². The van der Waals surface area contributed by atoms with E-state index in [1.54, 1.807) is 18.3 Å². The van der Waals surface area contributed by atoms with Crippen LogP contribution in [0.5, 0.6) is 0 Å². The number of anilines is 1. The Morgan fingerprint density at radius 2 is 2.21 bits per heavy atom. The van der Waals surface area contributed by atoms with Crippen molar-refractivity contribution in [2.75, 3.05) is 19.0 Å². The topological polar surface area (TPSA) is 71.3 Å². The number of pyridine rings is 1. The molecule has 1 aliphatic carbocycles. The molecular formula is C18H22N4O2. The molecule has 0 amide bonds. The van der Waals surface area contributed by atoms with Crippen molar-refractivity contribution in [3.05, 3.63) is 63.3 Å². The lowest BCUT2D eigenvalue weighted by Gasteiger charge is -2.27. The summed E-state index contributed by atoms with van der Waals surface area (Å²) in [6.07, 6.45) is 4.86. The first-order valence-electron chi connectivity index (χ1n) is 8.18. The van der Waals surface area contributed by atoms with E-state index < -0.39 is 0 Å². The van der Waals surface area contributed by atoms with Gasteiger partial charge in [-0.15, -0.1) is 0 Å². The molecular weight excluding hydrogens is 304 g/mol. The molecule has 0 spiro atoms. The zero-order valence-corrected chi connectivity index (χ0v) is 14.0. The van der Waals surface area contributed by atoms with Crippen molar-refractivity contribution in [1.82, 2.24) is 10.3 Å². The number of nitrogens with one attached hydrogen (secondary N) is 1. The predicted octanol–water partition coefficient (Wildman–Crippen LogP) is 3.22. The van der Waals surface area contributed by atoms with Crippen LogP contribution in [-0.2, 0) is 13.0 Å². The van der Waals surface area contributed by atoms with E-state index >= 15 is 0 Å². The summed E-state index contributed by atoms with van der Waals surface area (Å²) in [4.78, 5) is 17.2. The highest BCUT2D eigenvalue weighted by Gasteiger charge is 2.22. The maximum Gasteiger partial charge on any atom is 0.269 e. The molecule has 1 N–H and O–H groups in total. The number of nitro benzene ring substituents is 1. The van der Waals surface area contributed by atoms with Crippen molar-refractivity contribution >= 4 is 11.5 Å². The van der Waals surface area contributed by atoms with Gasteiger partial charge in [0.1, 0.15) is 5.82 Å². The summed E-state index contributed by atoms with van der Waals surface area (Å²) >= 11 is 0. The normalized spacial score (nSPS) is 16.5. The second kappa shape index (κ2) is 6.97. The summed E-state index contributed by atoms with van der Waals surface area (Å²) in [5.74, 6) is 0.945. The van der Waals surface area contributed by atoms with Gasteiger partial charge in [-0.25, -0.2) is 4.98 Å². The van der Waals surface area contributed by atoms with E-state index in [1.165, 1.54) is 5.56 Å². The lowest BCUT2D eigenvalue weighted by molar-refractivity contribution is -0.385. The van der Waals surface area contributed by atoms with Gasteiger partial charge in [0.25, 0.3) is 5.69 Å². The van der Waals surface area contributed by atoms with Gasteiger partial charge in [-0.05, 0) is 36.5 Å². The van der Waals surface area contributed by atoms with Crippen LogP contribution in [0.15, 0.2) is 36.5 Å². The molecule has 3 rings (SSSR count). The Morgan fingerprint density at radius 3 is 2.96 bits per heavy atom. The van der Waals surface area contributed by atoms with Crippen molar-refractivity contribution in [3.63, 3.8) is 0 Å². The van der Waals surface area contributed by atoms with E-state index in [0.717, 1.165) is 36.2 Å². The third-order valence-electron chi connectivity index (χ3n) is 4.48.